The first-order valence-corrected chi connectivity index (χ1v) is 12.1. The maximum absolute atomic E-state index is 13.2. The molecule has 7 heteroatoms. The van der Waals surface area contributed by atoms with E-state index in [0.29, 0.717) is 24.8 Å². The van der Waals surface area contributed by atoms with Gasteiger partial charge in [0.05, 0.1) is 0 Å². The fourth-order valence-corrected chi connectivity index (χ4v) is 4.92. The van der Waals surface area contributed by atoms with Gasteiger partial charge >= 0.3 is 12.1 Å². The van der Waals surface area contributed by atoms with Gasteiger partial charge < -0.3 is 20.1 Å². The summed E-state index contributed by atoms with van der Waals surface area (Å²) in [6, 6.07) is 15.5. The van der Waals surface area contributed by atoms with Crippen LogP contribution in [0.4, 0.5) is 4.79 Å². The van der Waals surface area contributed by atoms with Crippen LogP contribution in [0.2, 0.25) is 0 Å². The topological polar surface area (TPSA) is 95.9 Å². The van der Waals surface area contributed by atoms with Gasteiger partial charge in [-0.05, 0) is 53.4 Å². The smallest absolute Gasteiger partial charge is 0.407 e. The minimum absolute atomic E-state index is 0.0610. The number of hydrogen-bond donors (Lipinski definition) is 2. The van der Waals surface area contributed by atoms with Crippen molar-refractivity contribution in [2.24, 2.45) is 11.8 Å². The van der Waals surface area contributed by atoms with Crippen molar-refractivity contribution in [1.29, 1.82) is 0 Å². The summed E-state index contributed by atoms with van der Waals surface area (Å²) in [6.07, 6.45) is 3.95. The molecule has 7 nitrogen and oxygen atoms in total. The van der Waals surface area contributed by atoms with Crippen molar-refractivity contribution in [3.8, 4) is 11.1 Å². The van der Waals surface area contributed by atoms with Gasteiger partial charge in [-0.3, -0.25) is 9.59 Å². The largest absolute Gasteiger partial charge is 0.480 e. The van der Waals surface area contributed by atoms with E-state index in [1.54, 1.807) is 0 Å². The Bertz CT molecular complexity index is 1050. The normalized spacial score (nSPS) is 17.4. The number of carboxylic acid groups (broad SMARTS) is 1. The molecule has 2 fully saturated rings. The summed E-state index contributed by atoms with van der Waals surface area (Å²) in [4.78, 5) is 38.7. The van der Waals surface area contributed by atoms with Crippen molar-refractivity contribution < 1.29 is 24.2 Å². The van der Waals surface area contributed by atoms with Crippen LogP contribution in [0.3, 0.4) is 0 Å². The Hall–Kier alpha value is -3.35. The van der Waals surface area contributed by atoms with E-state index in [0.717, 1.165) is 47.9 Å². The molecule has 3 aliphatic carbocycles. The summed E-state index contributed by atoms with van der Waals surface area (Å²) in [5.74, 6) is -0.682. The second-order valence-corrected chi connectivity index (χ2v) is 9.76. The maximum atomic E-state index is 13.2. The highest BCUT2D eigenvalue weighted by atomic mass is 16.5. The van der Waals surface area contributed by atoms with Crippen LogP contribution >= 0.6 is 0 Å². The van der Waals surface area contributed by atoms with Crippen molar-refractivity contribution in [3.63, 3.8) is 0 Å². The molecular weight excluding hydrogens is 432 g/mol. The molecule has 0 heterocycles. The van der Waals surface area contributed by atoms with E-state index in [4.69, 9.17) is 4.74 Å². The lowest BCUT2D eigenvalue weighted by molar-refractivity contribution is -0.145. The highest BCUT2D eigenvalue weighted by Gasteiger charge is 2.36. The zero-order valence-electron chi connectivity index (χ0n) is 19.1. The molecule has 0 aromatic heterocycles. The minimum atomic E-state index is -1.04. The fourth-order valence-electron chi connectivity index (χ4n) is 4.92. The number of nitrogens with one attached hydrogen (secondary N) is 1. The van der Waals surface area contributed by atoms with Crippen molar-refractivity contribution in [2.75, 3.05) is 19.7 Å². The lowest BCUT2D eigenvalue weighted by Gasteiger charge is -2.27. The zero-order chi connectivity index (χ0) is 23.7. The van der Waals surface area contributed by atoms with Gasteiger partial charge in [-0.25, -0.2) is 4.79 Å². The number of amides is 2. The Morgan fingerprint density at radius 3 is 2.09 bits per heavy atom. The second-order valence-electron chi connectivity index (χ2n) is 9.76. The molecule has 0 aliphatic heterocycles. The molecule has 0 bridgehead atoms. The van der Waals surface area contributed by atoms with Gasteiger partial charge in [0.25, 0.3) is 0 Å². The quantitative estimate of drug-likeness (QED) is 0.556. The number of alkyl carbamates (subject to hydrolysis) is 1. The monoisotopic (exact) mass is 462 g/mol. The molecule has 2 N–H and O–H groups in total. The summed E-state index contributed by atoms with van der Waals surface area (Å²) >= 11 is 0. The van der Waals surface area contributed by atoms with Crippen LogP contribution in [0.15, 0.2) is 48.5 Å². The van der Waals surface area contributed by atoms with Crippen LogP contribution in [-0.2, 0) is 14.3 Å². The molecule has 5 rings (SSSR count). The molecular formula is C27H30N2O5. The van der Waals surface area contributed by atoms with E-state index in [9.17, 15) is 19.5 Å². The molecule has 3 aliphatic rings. The predicted octanol–water partition coefficient (Wildman–Crippen LogP) is 4.02. The Morgan fingerprint density at radius 1 is 0.941 bits per heavy atom. The van der Waals surface area contributed by atoms with Crippen molar-refractivity contribution in [2.45, 2.75) is 44.1 Å². The van der Waals surface area contributed by atoms with Gasteiger partial charge in [-0.2, -0.15) is 0 Å². The summed E-state index contributed by atoms with van der Waals surface area (Å²) in [7, 11) is 0. The SMILES string of the molecule is O=C(O)CN(CC1CC1)C(=O)[C@H](CC1CC1)NC(=O)OCC1c2ccccc2-c2ccccc21. The first-order chi connectivity index (χ1) is 16.5. The van der Waals surface area contributed by atoms with Gasteiger partial charge in [0.1, 0.15) is 19.2 Å². The second kappa shape index (κ2) is 9.49. The molecule has 1 atom stereocenters. The van der Waals surface area contributed by atoms with Gasteiger partial charge in [-0.1, -0.05) is 61.4 Å². The van der Waals surface area contributed by atoms with Crippen LogP contribution in [0, 0.1) is 11.8 Å². The number of carboxylic acids is 1. The van der Waals surface area contributed by atoms with Gasteiger partial charge in [0.2, 0.25) is 5.91 Å². The standard InChI is InChI=1S/C27H30N2O5/c30-25(31)15-29(14-18-11-12-18)26(32)24(13-17-9-10-17)28-27(33)34-16-23-21-7-3-1-5-19(21)20-6-2-4-8-22(20)23/h1-8,17-18,23-24H,9-16H2,(H,28,33)(H,30,31)/t24-/m0/s1. The summed E-state index contributed by atoms with van der Waals surface area (Å²) in [6.45, 7) is 0.257. The molecule has 0 radical (unpaired) electrons. The van der Waals surface area contributed by atoms with Crippen molar-refractivity contribution in [3.05, 3.63) is 59.7 Å². The summed E-state index contributed by atoms with van der Waals surface area (Å²) in [5, 5.41) is 12.0. The lowest BCUT2D eigenvalue weighted by Crippen LogP contribution is -2.51. The third-order valence-electron chi connectivity index (χ3n) is 7.01. The van der Waals surface area contributed by atoms with Crippen molar-refractivity contribution in [1.82, 2.24) is 10.2 Å². The summed E-state index contributed by atoms with van der Waals surface area (Å²) < 4.78 is 5.64. The lowest BCUT2D eigenvalue weighted by atomic mass is 9.98. The maximum Gasteiger partial charge on any atom is 0.407 e. The number of ether oxygens (including phenoxy) is 1. The number of aliphatic carboxylic acids is 1. The molecule has 178 valence electrons. The van der Waals surface area contributed by atoms with Crippen LogP contribution in [-0.4, -0.2) is 53.7 Å². The first kappa shape index (κ1) is 22.4. The zero-order valence-corrected chi connectivity index (χ0v) is 19.1. The molecule has 2 aromatic rings. The van der Waals surface area contributed by atoms with E-state index in [2.05, 4.69) is 29.6 Å². The van der Waals surface area contributed by atoms with Crippen LogP contribution in [0.1, 0.15) is 49.1 Å². The Balaban J connectivity index is 1.25. The molecule has 0 spiro atoms. The molecule has 0 saturated heterocycles. The van der Waals surface area contributed by atoms with Gasteiger partial charge in [-0.15, -0.1) is 0 Å². The number of fused-ring (bicyclic) bond motifs is 3. The van der Waals surface area contributed by atoms with E-state index in [1.165, 1.54) is 4.90 Å². The van der Waals surface area contributed by atoms with Crippen LogP contribution in [0.25, 0.3) is 11.1 Å². The molecule has 2 saturated carbocycles. The molecule has 0 unspecified atom stereocenters. The number of benzene rings is 2. The predicted molar refractivity (Wildman–Crippen MR) is 126 cm³/mol. The Labute approximate surface area is 199 Å². The van der Waals surface area contributed by atoms with E-state index in [-0.39, 0.29) is 25.0 Å². The third-order valence-corrected chi connectivity index (χ3v) is 7.01. The number of nitrogens with zero attached hydrogens (tertiary/aromatic N) is 1. The highest BCUT2D eigenvalue weighted by molar-refractivity contribution is 5.88. The highest BCUT2D eigenvalue weighted by Crippen LogP contribution is 2.44. The first-order valence-electron chi connectivity index (χ1n) is 12.1. The van der Waals surface area contributed by atoms with E-state index in [1.807, 2.05) is 24.3 Å². The number of rotatable bonds is 10. The van der Waals surface area contributed by atoms with Crippen LogP contribution in [0.5, 0.6) is 0 Å². The minimum Gasteiger partial charge on any atom is -0.480 e. The average molecular weight is 463 g/mol. The van der Waals surface area contributed by atoms with Crippen LogP contribution < -0.4 is 5.32 Å². The fraction of sp³-hybridized carbons (Fsp3) is 0.444. The number of carbonyl (C=O) groups excluding carboxylic acids is 2. The number of carbonyl (C=O) groups is 3. The van der Waals surface area contributed by atoms with Crippen molar-refractivity contribution >= 4 is 18.0 Å². The van der Waals surface area contributed by atoms with E-state index >= 15 is 0 Å². The van der Waals surface area contributed by atoms with Gasteiger partial charge in [0.15, 0.2) is 0 Å². The number of hydrogen-bond acceptors (Lipinski definition) is 4. The third kappa shape index (κ3) is 5.08. The Morgan fingerprint density at radius 2 is 1.53 bits per heavy atom. The molecule has 34 heavy (non-hydrogen) atoms. The van der Waals surface area contributed by atoms with E-state index < -0.39 is 18.1 Å². The molecule has 2 aromatic carbocycles. The van der Waals surface area contributed by atoms with Gasteiger partial charge in [0, 0.05) is 12.5 Å². The summed E-state index contributed by atoms with van der Waals surface area (Å²) in [5.41, 5.74) is 4.55. The average Bonchev–Trinajstić information content (AvgIpc) is 3.76. The molecule has 2 amide bonds. The Kier molecular flexibility index (Phi) is 6.26.